The molecule has 0 radical (unpaired) electrons. The average Bonchev–Trinajstić information content (AvgIpc) is 2.97. The number of aromatic nitrogens is 3. The van der Waals surface area contributed by atoms with Crippen molar-refractivity contribution in [2.45, 2.75) is 6.54 Å². The third kappa shape index (κ3) is 3.06. The fourth-order valence-corrected chi connectivity index (χ4v) is 2.34. The zero-order chi connectivity index (χ0) is 14.7. The van der Waals surface area contributed by atoms with Crippen molar-refractivity contribution in [3.63, 3.8) is 0 Å². The van der Waals surface area contributed by atoms with Gasteiger partial charge in [-0.25, -0.2) is 4.98 Å². The minimum atomic E-state index is 0.487. The molecule has 0 N–H and O–H groups in total. The monoisotopic (exact) mass is 299 g/mol. The number of nitrogens with zero attached hydrogens (tertiary/aromatic N) is 3. The van der Waals surface area contributed by atoms with Crippen LogP contribution in [0.1, 0.15) is 5.56 Å². The molecule has 0 unspecified atom stereocenters. The summed E-state index contributed by atoms with van der Waals surface area (Å²) >= 11 is 6.10. The Balaban J connectivity index is 1.80. The lowest BCUT2D eigenvalue weighted by Gasteiger charge is -2.04. The van der Waals surface area contributed by atoms with Crippen LogP contribution in [0.5, 0.6) is 5.75 Å². The third-order valence-electron chi connectivity index (χ3n) is 3.21. The zero-order valence-electron chi connectivity index (χ0n) is 11.5. The van der Waals surface area contributed by atoms with Gasteiger partial charge in [0.2, 0.25) is 0 Å². The van der Waals surface area contributed by atoms with Crippen LogP contribution in [0.2, 0.25) is 5.15 Å². The first-order chi connectivity index (χ1) is 10.3. The molecule has 0 fully saturated rings. The Bertz CT molecular complexity index is 737. The van der Waals surface area contributed by atoms with Crippen molar-refractivity contribution in [2.75, 3.05) is 7.11 Å². The van der Waals surface area contributed by atoms with E-state index in [4.69, 9.17) is 16.3 Å². The minimum Gasteiger partial charge on any atom is -0.497 e. The van der Waals surface area contributed by atoms with Gasteiger partial charge in [-0.05, 0) is 29.8 Å². The van der Waals surface area contributed by atoms with Crippen LogP contribution in [0.4, 0.5) is 0 Å². The minimum absolute atomic E-state index is 0.487. The molecule has 3 aromatic rings. The molecule has 106 valence electrons. The van der Waals surface area contributed by atoms with Gasteiger partial charge in [0, 0.05) is 23.5 Å². The summed E-state index contributed by atoms with van der Waals surface area (Å²) in [6, 6.07) is 11.7. The molecule has 0 atom stereocenters. The van der Waals surface area contributed by atoms with Crippen LogP contribution in [0.25, 0.3) is 11.1 Å². The summed E-state index contributed by atoms with van der Waals surface area (Å²) in [6.07, 6.45) is 5.44. The maximum atomic E-state index is 6.10. The van der Waals surface area contributed by atoms with Gasteiger partial charge in [-0.1, -0.05) is 23.7 Å². The van der Waals surface area contributed by atoms with Gasteiger partial charge in [0.15, 0.2) is 0 Å². The molecule has 4 nitrogen and oxygen atoms in total. The lowest BCUT2D eigenvalue weighted by molar-refractivity contribution is 0.414. The highest BCUT2D eigenvalue weighted by Gasteiger charge is 2.06. The predicted octanol–water partition coefficient (Wildman–Crippen LogP) is 3.66. The number of hydrogen-bond donors (Lipinski definition) is 0. The van der Waals surface area contributed by atoms with E-state index in [0.29, 0.717) is 11.7 Å². The van der Waals surface area contributed by atoms with Crippen molar-refractivity contribution < 1.29 is 4.74 Å². The van der Waals surface area contributed by atoms with E-state index in [1.165, 1.54) is 0 Å². The molecule has 5 heteroatoms. The number of pyridine rings is 1. The Morgan fingerprint density at radius 1 is 1.19 bits per heavy atom. The number of methoxy groups -OCH3 is 1. The maximum absolute atomic E-state index is 6.10. The third-order valence-corrected chi connectivity index (χ3v) is 3.51. The Hall–Kier alpha value is -2.33. The van der Waals surface area contributed by atoms with Gasteiger partial charge < -0.3 is 4.74 Å². The molecule has 0 aliphatic rings. The van der Waals surface area contributed by atoms with Crippen LogP contribution in [-0.2, 0) is 6.54 Å². The molecule has 2 aromatic heterocycles. The van der Waals surface area contributed by atoms with E-state index in [9.17, 15) is 0 Å². The predicted molar refractivity (Wildman–Crippen MR) is 82.6 cm³/mol. The molecular formula is C16H14ClN3O. The topological polar surface area (TPSA) is 39.9 Å². The zero-order valence-corrected chi connectivity index (χ0v) is 12.3. The summed E-state index contributed by atoms with van der Waals surface area (Å²) in [6.45, 7) is 0.696. The standard InChI is InChI=1S/C16H14ClN3O/c1-21-14-6-4-12(5-7-14)10-20-11-13(9-19-20)15-3-2-8-18-16(15)17/h2-9,11H,10H2,1H3. The second kappa shape index (κ2) is 5.97. The summed E-state index contributed by atoms with van der Waals surface area (Å²) in [5.74, 6) is 0.849. The highest BCUT2D eigenvalue weighted by molar-refractivity contribution is 6.32. The molecular weight excluding hydrogens is 286 g/mol. The van der Waals surface area contributed by atoms with Gasteiger partial charge >= 0.3 is 0 Å². The molecule has 0 bridgehead atoms. The van der Waals surface area contributed by atoms with Gasteiger partial charge in [-0.2, -0.15) is 5.10 Å². The maximum Gasteiger partial charge on any atom is 0.136 e. The summed E-state index contributed by atoms with van der Waals surface area (Å²) in [5.41, 5.74) is 3.00. The lowest BCUT2D eigenvalue weighted by Crippen LogP contribution is -1.99. The highest BCUT2D eigenvalue weighted by atomic mass is 35.5. The largest absolute Gasteiger partial charge is 0.497 e. The molecule has 0 aliphatic carbocycles. The van der Waals surface area contributed by atoms with Crippen molar-refractivity contribution in [3.8, 4) is 16.9 Å². The SMILES string of the molecule is COc1ccc(Cn2cc(-c3cccnc3Cl)cn2)cc1. The van der Waals surface area contributed by atoms with E-state index in [2.05, 4.69) is 10.1 Å². The van der Waals surface area contributed by atoms with E-state index in [-0.39, 0.29) is 0 Å². The van der Waals surface area contributed by atoms with Gasteiger partial charge in [0.1, 0.15) is 10.9 Å². The summed E-state index contributed by atoms with van der Waals surface area (Å²) in [4.78, 5) is 4.08. The van der Waals surface area contributed by atoms with Crippen LogP contribution in [-0.4, -0.2) is 21.9 Å². The fourth-order valence-electron chi connectivity index (χ4n) is 2.11. The number of rotatable bonds is 4. The fraction of sp³-hybridized carbons (Fsp3) is 0.125. The Morgan fingerprint density at radius 2 is 2.00 bits per heavy atom. The molecule has 0 saturated heterocycles. The van der Waals surface area contributed by atoms with E-state index in [1.807, 2.05) is 47.3 Å². The molecule has 0 aliphatic heterocycles. The molecule has 0 spiro atoms. The first kappa shape index (κ1) is 13.6. The second-order valence-corrected chi connectivity index (χ2v) is 4.97. The van der Waals surface area contributed by atoms with E-state index < -0.39 is 0 Å². The van der Waals surface area contributed by atoms with Gasteiger partial charge in [-0.3, -0.25) is 4.68 Å². The second-order valence-electron chi connectivity index (χ2n) is 4.62. The Kier molecular flexibility index (Phi) is 3.88. The first-order valence-corrected chi connectivity index (χ1v) is 6.90. The molecule has 3 rings (SSSR count). The normalized spacial score (nSPS) is 10.6. The number of ether oxygens (including phenoxy) is 1. The summed E-state index contributed by atoms with van der Waals surface area (Å²) in [5, 5.41) is 4.86. The summed E-state index contributed by atoms with van der Waals surface area (Å²) in [7, 11) is 1.66. The van der Waals surface area contributed by atoms with Crippen molar-refractivity contribution in [1.29, 1.82) is 0 Å². The van der Waals surface area contributed by atoms with Crippen molar-refractivity contribution in [3.05, 3.63) is 65.7 Å². The van der Waals surface area contributed by atoms with Crippen molar-refractivity contribution >= 4 is 11.6 Å². The van der Waals surface area contributed by atoms with E-state index in [1.54, 1.807) is 19.5 Å². The van der Waals surface area contributed by atoms with E-state index >= 15 is 0 Å². The molecule has 2 heterocycles. The van der Waals surface area contributed by atoms with Gasteiger partial charge in [0.25, 0.3) is 0 Å². The Morgan fingerprint density at radius 3 is 2.71 bits per heavy atom. The van der Waals surface area contributed by atoms with Crippen molar-refractivity contribution in [2.24, 2.45) is 0 Å². The Labute approximate surface area is 128 Å². The van der Waals surface area contributed by atoms with Crippen LogP contribution in [0.3, 0.4) is 0 Å². The van der Waals surface area contributed by atoms with Crippen LogP contribution in [0, 0.1) is 0 Å². The van der Waals surface area contributed by atoms with E-state index in [0.717, 1.165) is 22.4 Å². The number of hydrogen-bond acceptors (Lipinski definition) is 3. The summed E-state index contributed by atoms with van der Waals surface area (Å²) < 4.78 is 7.03. The highest BCUT2D eigenvalue weighted by Crippen LogP contribution is 2.25. The molecule has 0 saturated carbocycles. The molecule has 1 aromatic carbocycles. The smallest absolute Gasteiger partial charge is 0.136 e. The van der Waals surface area contributed by atoms with Crippen LogP contribution in [0.15, 0.2) is 55.0 Å². The number of benzene rings is 1. The first-order valence-electron chi connectivity index (χ1n) is 6.52. The lowest BCUT2D eigenvalue weighted by atomic mass is 10.2. The van der Waals surface area contributed by atoms with Gasteiger partial charge in [-0.15, -0.1) is 0 Å². The van der Waals surface area contributed by atoms with Crippen molar-refractivity contribution in [1.82, 2.24) is 14.8 Å². The molecule has 21 heavy (non-hydrogen) atoms. The van der Waals surface area contributed by atoms with Crippen LogP contribution >= 0.6 is 11.6 Å². The molecule has 0 amide bonds. The van der Waals surface area contributed by atoms with Crippen LogP contribution < -0.4 is 4.74 Å². The quantitative estimate of drug-likeness (QED) is 0.690. The average molecular weight is 300 g/mol. The number of halogens is 1. The van der Waals surface area contributed by atoms with Gasteiger partial charge in [0.05, 0.1) is 19.9 Å².